The van der Waals surface area contributed by atoms with Crippen LogP contribution in [0.3, 0.4) is 0 Å². The second-order valence-corrected chi connectivity index (χ2v) is 4.70. The van der Waals surface area contributed by atoms with Crippen LogP contribution in [0.15, 0.2) is 39.7 Å². The monoisotopic (exact) mass is 280 g/mol. The Kier molecular flexibility index (Phi) is 3.29. The highest BCUT2D eigenvalue weighted by atomic mass is 79.9. The third-order valence-corrected chi connectivity index (χ3v) is 2.81. The van der Waals surface area contributed by atoms with E-state index in [1.54, 1.807) is 12.5 Å². The Morgan fingerprint density at radius 1 is 1.50 bits per heavy atom. The third-order valence-electron chi connectivity index (χ3n) is 2.38. The van der Waals surface area contributed by atoms with Crippen molar-refractivity contribution >= 4 is 21.7 Å². The average molecular weight is 281 g/mol. The zero-order valence-electron chi connectivity index (χ0n) is 9.27. The van der Waals surface area contributed by atoms with E-state index >= 15 is 0 Å². The molecule has 0 aromatic carbocycles. The molecule has 0 bridgehead atoms. The largest absolute Gasteiger partial charge is 0.472 e. The maximum Gasteiger partial charge on any atom is 0.131 e. The van der Waals surface area contributed by atoms with Crippen molar-refractivity contribution in [2.24, 2.45) is 0 Å². The lowest BCUT2D eigenvalue weighted by molar-refractivity contribution is 0.563. The minimum absolute atomic E-state index is 0.798. The Labute approximate surface area is 103 Å². The standard InChI is InChI=1S/C12H13BrN2O/c1-9-5-11(13)6-14-12(9)15(2)7-10-3-4-16-8-10/h3-6,8H,7H2,1-2H3. The topological polar surface area (TPSA) is 29.3 Å². The molecular weight excluding hydrogens is 268 g/mol. The molecule has 0 fully saturated rings. The van der Waals surface area contributed by atoms with Gasteiger partial charge in [-0.25, -0.2) is 4.98 Å². The molecule has 3 nitrogen and oxygen atoms in total. The van der Waals surface area contributed by atoms with Gasteiger partial charge in [-0.05, 0) is 40.5 Å². The quantitative estimate of drug-likeness (QED) is 0.863. The van der Waals surface area contributed by atoms with Crippen LogP contribution in [0.4, 0.5) is 5.82 Å². The Morgan fingerprint density at radius 2 is 2.31 bits per heavy atom. The highest BCUT2D eigenvalue weighted by Crippen LogP contribution is 2.21. The number of anilines is 1. The van der Waals surface area contributed by atoms with Crippen LogP contribution in [0.5, 0.6) is 0 Å². The summed E-state index contributed by atoms with van der Waals surface area (Å²) in [5.41, 5.74) is 2.30. The lowest BCUT2D eigenvalue weighted by atomic mass is 10.2. The van der Waals surface area contributed by atoms with Gasteiger partial charge in [-0.1, -0.05) is 0 Å². The lowest BCUT2D eigenvalue weighted by Crippen LogP contribution is -2.18. The smallest absolute Gasteiger partial charge is 0.131 e. The van der Waals surface area contributed by atoms with Gasteiger partial charge in [-0.2, -0.15) is 0 Å². The van der Waals surface area contributed by atoms with E-state index < -0.39 is 0 Å². The molecule has 0 saturated heterocycles. The molecule has 0 N–H and O–H groups in total. The number of nitrogens with zero attached hydrogens (tertiary/aromatic N) is 2. The summed E-state index contributed by atoms with van der Waals surface area (Å²) in [6.07, 6.45) is 5.25. The zero-order valence-corrected chi connectivity index (χ0v) is 10.9. The number of aryl methyl sites for hydroxylation is 1. The SMILES string of the molecule is Cc1cc(Br)cnc1N(C)Cc1ccoc1. The number of pyridine rings is 1. The van der Waals surface area contributed by atoms with Crippen LogP contribution in [0.2, 0.25) is 0 Å². The molecule has 2 aromatic heterocycles. The van der Waals surface area contributed by atoms with Gasteiger partial charge in [-0.15, -0.1) is 0 Å². The Balaban J connectivity index is 2.17. The third kappa shape index (κ3) is 2.44. The molecule has 2 rings (SSSR count). The van der Waals surface area contributed by atoms with Crippen molar-refractivity contribution in [1.82, 2.24) is 4.98 Å². The van der Waals surface area contributed by atoms with Crippen molar-refractivity contribution in [3.8, 4) is 0 Å². The summed E-state index contributed by atoms with van der Waals surface area (Å²) >= 11 is 3.41. The summed E-state index contributed by atoms with van der Waals surface area (Å²) in [4.78, 5) is 6.51. The van der Waals surface area contributed by atoms with Crippen LogP contribution >= 0.6 is 15.9 Å². The van der Waals surface area contributed by atoms with Crippen molar-refractivity contribution < 1.29 is 4.42 Å². The van der Waals surface area contributed by atoms with Crippen LogP contribution in [0.25, 0.3) is 0 Å². The summed E-state index contributed by atoms with van der Waals surface area (Å²) in [5, 5.41) is 0. The first-order chi connectivity index (χ1) is 7.66. The molecule has 2 heterocycles. The van der Waals surface area contributed by atoms with E-state index in [4.69, 9.17) is 4.42 Å². The molecule has 0 unspecified atom stereocenters. The Bertz CT molecular complexity index is 468. The molecule has 0 spiro atoms. The van der Waals surface area contributed by atoms with E-state index in [9.17, 15) is 0 Å². The second kappa shape index (κ2) is 4.70. The fourth-order valence-electron chi connectivity index (χ4n) is 1.66. The highest BCUT2D eigenvalue weighted by Gasteiger charge is 2.07. The predicted octanol–water partition coefficient (Wildman–Crippen LogP) is 3.38. The van der Waals surface area contributed by atoms with E-state index in [0.717, 1.165) is 28.0 Å². The van der Waals surface area contributed by atoms with Crippen LogP contribution in [0.1, 0.15) is 11.1 Å². The molecule has 4 heteroatoms. The van der Waals surface area contributed by atoms with E-state index in [-0.39, 0.29) is 0 Å². The second-order valence-electron chi connectivity index (χ2n) is 3.78. The molecule has 0 aliphatic rings. The van der Waals surface area contributed by atoms with Crippen molar-refractivity contribution in [1.29, 1.82) is 0 Å². The summed E-state index contributed by atoms with van der Waals surface area (Å²) in [6.45, 7) is 2.85. The first-order valence-electron chi connectivity index (χ1n) is 5.01. The first kappa shape index (κ1) is 11.2. The van der Waals surface area contributed by atoms with Crippen LogP contribution in [-0.2, 0) is 6.54 Å². The molecule has 0 radical (unpaired) electrons. The molecule has 2 aromatic rings. The average Bonchev–Trinajstić information content (AvgIpc) is 2.70. The van der Waals surface area contributed by atoms with E-state index in [1.807, 2.05) is 19.3 Å². The van der Waals surface area contributed by atoms with Crippen LogP contribution < -0.4 is 4.90 Å². The molecule has 16 heavy (non-hydrogen) atoms. The van der Waals surface area contributed by atoms with Gasteiger partial charge < -0.3 is 9.32 Å². The summed E-state index contributed by atoms with van der Waals surface area (Å²) in [5.74, 6) is 0.990. The van der Waals surface area contributed by atoms with Crippen molar-refractivity contribution in [2.75, 3.05) is 11.9 Å². The number of hydrogen-bond acceptors (Lipinski definition) is 3. The maximum absolute atomic E-state index is 5.05. The number of halogens is 1. The number of aromatic nitrogens is 1. The van der Waals surface area contributed by atoms with E-state index in [2.05, 4.69) is 38.8 Å². The molecule has 0 amide bonds. The Hall–Kier alpha value is -1.29. The minimum atomic E-state index is 0.798. The number of furan rings is 1. The van der Waals surface area contributed by atoms with Gasteiger partial charge in [0.25, 0.3) is 0 Å². The Morgan fingerprint density at radius 3 is 2.94 bits per heavy atom. The van der Waals surface area contributed by atoms with Crippen molar-refractivity contribution in [3.63, 3.8) is 0 Å². The van der Waals surface area contributed by atoms with E-state index in [1.165, 1.54) is 0 Å². The van der Waals surface area contributed by atoms with Crippen LogP contribution in [0, 0.1) is 6.92 Å². The molecular formula is C12H13BrN2O. The molecule has 0 aliphatic heterocycles. The number of hydrogen-bond donors (Lipinski definition) is 0. The normalized spacial score (nSPS) is 10.4. The van der Waals surface area contributed by atoms with Crippen LogP contribution in [-0.4, -0.2) is 12.0 Å². The van der Waals surface area contributed by atoms with Gasteiger partial charge in [-0.3, -0.25) is 0 Å². The van der Waals surface area contributed by atoms with E-state index in [0.29, 0.717) is 0 Å². The first-order valence-corrected chi connectivity index (χ1v) is 5.80. The van der Waals surface area contributed by atoms with Crippen molar-refractivity contribution in [3.05, 3.63) is 46.5 Å². The van der Waals surface area contributed by atoms with Gasteiger partial charge in [0, 0.05) is 29.8 Å². The molecule has 0 aliphatic carbocycles. The molecule has 0 saturated carbocycles. The zero-order chi connectivity index (χ0) is 11.5. The minimum Gasteiger partial charge on any atom is -0.472 e. The van der Waals surface area contributed by atoms with Gasteiger partial charge >= 0.3 is 0 Å². The van der Waals surface area contributed by atoms with Gasteiger partial charge in [0.05, 0.1) is 12.5 Å². The maximum atomic E-state index is 5.05. The van der Waals surface area contributed by atoms with Gasteiger partial charge in [0.2, 0.25) is 0 Å². The lowest BCUT2D eigenvalue weighted by Gasteiger charge is -2.19. The van der Waals surface area contributed by atoms with Crippen molar-refractivity contribution in [2.45, 2.75) is 13.5 Å². The summed E-state index contributed by atoms with van der Waals surface area (Å²) in [7, 11) is 2.02. The van der Waals surface area contributed by atoms with Gasteiger partial charge in [0.1, 0.15) is 5.82 Å². The summed E-state index contributed by atoms with van der Waals surface area (Å²) < 4.78 is 6.05. The fourth-order valence-corrected chi connectivity index (χ4v) is 2.11. The summed E-state index contributed by atoms with van der Waals surface area (Å²) in [6, 6.07) is 4.03. The molecule has 0 atom stereocenters. The number of rotatable bonds is 3. The van der Waals surface area contributed by atoms with Gasteiger partial charge in [0.15, 0.2) is 0 Å². The predicted molar refractivity (Wildman–Crippen MR) is 67.5 cm³/mol. The highest BCUT2D eigenvalue weighted by molar-refractivity contribution is 9.10. The molecule has 84 valence electrons. The fraction of sp³-hybridized carbons (Fsp3) is 0.250.